The van der Waals surface area contributed by atoms with Crippen molar-refractivity contribution in [3.8, 4) is 0 Å². The van der Waals surface area contributed by atoms with E-state index in [2.05, 4.69) is 14.9 Å². The molecule has 1 N–H and O–H groups in total. The second-order valence-corrected chi connectivity index (χ2v) is 6.07. The first-order valence-corrected chi connectivity index (χ1v) is 7.80. The average molecular weight is 308 g/mol. The molecule has 6 heteroatoms. The molecule has 0 unspecified atom stereocenters. The van der Waals surface area contributed by atoms with Crippen LogP contribution in [-0.4, -0.2) is 21.2 Å². The van der Waals surface area contributed by atoms with Gasteiger partial charge < -0.3 is 9.88 Å². The number of hydrogen-bond acceptors (Lipinski definition) is 3. The van der Waals surface area contributed by atoms with Crippen molar-refractivity contribution in [3.05, 3.63) is 41.7 Å². The van der Waals surface area contributed by atoms with Crippen LogP contribution in [-0.2, 0) is 4.79 Å². The lowest BCUT2D eigenvalue weighted by Crippen LogP contribution is -2.14. The summed E-state index contributed by atoms with van der Waals surface area (Å²) in [5, 5.41) is 4.35. The second kappa shape index (κ2) is 5.89. The number of imidazole rings is 1. The number of thioether (sulfide) groups is 1. The molecule has 0 saturated heterocycles. The van der Waals surface area contributed by atoms with Crippen LogP contribution in [0.3, 0.4) is 0 Å². The van der Waals surface area contributed by atoms with E-state index in [0.717, 1.165) is 5.16 Å². The molecule has 1 aromatic heterocycles. The molecule has 1 aromatic carbocycles. The van der Waals surface area contributed by atoms with E-state index in [4.69, 9.17) is 11.6 Å². The molecule has 2 aromatic rings. The summed E-state index contributed by atoms with van der Waals surface area (Å²) < 4.78 is 2.15. The van der Waals surface area contributed by atoms with Crippen LogP contribution < -0.4 is 5.32 Å². The largest absolute Gasteiger partial charge is 0.325 e. The first kappa shape index (κ1) is 13.5. The van der Waals surface area contributed by atoms with E-state index in [0.29, 0.717) is 22.5 Å². The van der Waals surface area contributed by atoms with Crippen LogP contribution in [0.1, 0.15) is 18.9 Å². The van der Waals surface area contributed by atoms with Crippen molar-refractivity contribution in [2.24, 2.45) is 0 Å². The maximum absolute atomic E-state index is 11.9. The van der Waals surface area contributed by atoms with Gasteiger partial charge in [0.05, 0.1) is 5.75 Å². The Hall–Kier alpha value is -1.46. The third-order valence-electron chi connectivity index (χ3n) is 3.01. The molecule has 1 saturated carbocycles. The van der Waals surface area contributed by atoms with Crippen molar-refractivity contribution < 1.29 is 4.79 Å². The van der Waals surface area contributed by atoms with Crippen molar-refractivity contribution >= 4 is 35.0 Å². The van der Waals surface area contributed by atoms with Gasteiger partial charge in [-0.2, -0.15) is 0 Å². The SMILES string of the molecule is O=C(CSc1nccn1C1CC1)Nc1cccc(Cl)c1. The Balaban J connectivity index is 1.55. The van der Waals surface area contributed by atoms with Crippen LogP contribution in [0.5, 0.6) is 0 Å². The van der Waals surface area contributed by atoms with Crippen molar-refractivity contribution in [3.63, 3.8) is 0 Å². The van der Waals surface area contributed by atoms with E-state index in [1.54, 1.807) is 18.3 Å². The third-order valence-corrected chi connectivity index (χ3v) is 4.23. The lowest BCUT2D eigenvalue weighted by molar-refractivity contribution is -0.113. The normalized spacial score (nSPS) is 14.2. The van der Waals surface area contributed by atoms with Crippen molar-refractivity contribution in [1.82, 2.24) is 9.55 Å². The van der Waals surface area contributed by atoms with Crippen LogP contribution in [0.25, 0.3) is 0 Å². The van der Waals surface area contributed by atoms with Crippen LogP contribution in [0, 0.1) is 0 Å². The zero-order valence-electron chi connectivity index (χ0n) is 10.8. The molecule has 3 rings (SSSR count). The van der Waals surface area contributed by atoms with E-state index >= 15 is 0 Å². The maximum Gasteiger partial charge on any atom is 0.234 e. The number of rotatable bonds is 5. The molecular formula is C14H14ClN3OS. The van der Waals surface area contributed by atoms with Crippen molar-refractivity contribution in [2.45, 2.75) is 24.0 Å². The minimum atomic E-state index is -0.0531. The molecule has 1 aliphatic carbocycles. The summed E-state index contributed by atoms with van der Waals surface area (Å²) in [5.74, 6) is 0.290. The summed E-state index contributed by atoms with van der Waals surface area (Å²) in [6.07, 6.45) is 6.18. The van der Waals surface area contributed by atoms with Gasteiger partial charge in [0.25, 0.3) is 0 Å². The van der Waals surface area contributed by atoms with Crippen LogP contribution >= 0.6 is 23.4 Å². The van der Waals surface area contributed by atoms with Crippen molar-refractivity contribution in [2.75, 3.05) is 11.1 Å². The third kappa shape index (κ3) is 3.35. The molecule has 1 fully saturated rings. The zero-order chi connectivity index (χ0) is 13.9. The lowest BCUT2D eigenvalue weighted by Gasteiger charge is -2.07. The first-order valence-electron chi connectivity index (χ1n) is 6.43. The summed E-state index contributed by atoms with van der Waals surface area (Å²) in [7, 11) is 0. The van der Waals surface area contributed by atoms with Gasteiger partial charge in [0.1, 0.15) is 0 Å². The Morgan fingerprint density at radius 2 is 2.35 bits per heavy atom. The number of halogens is 1. The number of nitrogens with zero attached hydrogens (tertiary/aromatic N) is 2. The topological polar surface area (TPSA) is 46.9 Å². The van der Waals surface area contributed by atoms with E-state index in [1.807, 2.05) is 18.3 Å². The predicted octanol–water partition coefficient (Wildman–Crippen LogP) is 3.60. The number of benzene rings is 1. The van der Waals surface area contributed by atoms with Gasteiger partial charge in [0, 0.05) is 29.1 Å². The number of aromatic nitrogens is 2. The van der Waals surface area contributed by atoms with Gasteiger partial charge in [0.2, 0.25) is 5.91 Å². The monoisotopic (exact) mass is 307 g/mol. The molecule has 20 heavy (non-hydrogen) atoms. The second-order valence-electron chi connectivity index (χ2n) is 4.70. The number of amides is 1. The predicted molar refractivity (Wildman–Crippen MR) is 81.3 cm³/mol. The molecule has 0 atom stereocenters. The highest BCUT2D eigenvalue weighted by atomic mass is 35.5. The highest BCUT2D eigenvalue weighted by Crippen LogP contribution is 2.37. The molecular weight excluding hydrogens is 294 g/mol. The smallest absolute Gasteiger partial charge is 0.234 e. The number of anilines is 1. The van der Waals surface area contributed by atoms with Gasteiger partial charge >= 0.3 is 0 Å². The summed E-state index contributed by atoms with van der Waals surface area (Å²) in [6.45, 7) is 0. The number of nitrogens with one attached hydrogen (secondary N) is 1. The Morgan fingerprint density at radius 1 is 1.50 bits per heavy atom. The quantitative estimate of drug-likeness (QED) is 0.859. The Labute approximate surface area is 126 Å². The van der Waals surface area contributed by atoms with Crippen molar-refractivity contribution in [1.29, 1.82) is 0 Å². The van der Waals surface area contributed by atoms with Gasteiger partial charge in [0.15, 0.2) is 5.16 Å². The maximum atomic E-state index is 11.9. The van der Waals surface area contributed by atoms with E-state index in [-0.39, 0.29) is 5.91 Å². The molecule has 0 bridgehead atoms. The minimum absolute atomic E-state index is 0.0531. The number of carbonyl (C=O) groups is 1. The summed E-state index contributed by atoms with van der Waals surface area (Å²) >= 11 is 7.34. The molecule has 1 heterocycles. The van der Waals surface area contributed by atoms with Crippen LogP contribution in [0.2, 0.25) is 5.02 Å². The Kier molecular flexibility index (Phi) is 3.98. The van der Waals surface area contributed by atoms with E-state index in [1.165, 1.54) is 24.6 Å². The van der Waals surface area contributed by atoms with Gasteiger partial charge in [-0.25, -0.2) is 4.98 Å². The molecule has 1 amide bonds. The van der Waals surface area contributed by atoms with Gasteiger partial charge in [-0.3, -0.25) is 4.79 Å². The van der Waals surface area contributed by atoms with Gasteiger partial charge in [-0.1, -0.05) is 29.4 Å². The van der Waals surface area contributed by atoms with Gasteiger partial charge in [-0.05, 0) is 31.0 Å². The summed E-state index contributed by atoms with van der Waals surface area (Å²) in [6, 6.07) is 7.72. The molecule has 0 aliphatic heterocycles. The zero-order valence-corrected chi connectivity index (χ0v) is 12.3. The highest BCUT2D eigenvalue weighted by Gasteiger charge is 2.25. The first-order chi connectivity index (χ1) is 9.72. The Bertz CT molecular complexity index is 624. The summed E-state index contributed by atoms with van der Waals surface area (Å²) in [5.41, 5.74) is 0.716. The fourth-order valence-electron chi connectivity index (χ4n) is 1.94. The van der Waals surface area contributed by atoms with Crippen LogP contribution in [0.15, 0.2) is 41.8 Å². The highest BCUT2D eigenvalue weighted by molar-refractivity contribution is 7.99. The number of hydrogen-bond donors (Lipinski definition) is 1. The number of carbonyl (C=O) groups excluding carboxylic acids is 1. The summed E-state index contributed by atoms with van der Waals surface area (Å²) in [4.78, 5) is 16.2. The molecule has 104 valence electrons. The standard InChI is InChI=1S/C14H14ClN3OS/c15-10-2-1-3-11(8-10)17-13(19)9-20-14-16-6-7-18(14)12-4-5-12/h1-3,6-8,12H,4-5,9H2,(H,17,19). The molecule has 4 nitrogen and oxygen atoms in total. The van der Waals surface area contributed by atoms with E-state index in [9.17, 15) is 4.79 Å². The van der Waals surface area contributed by atoms with Gasteiger partial charge in [-0.15, -0.1) is 0 Å². The fraction of sp³-hybridized carbons (Fsp3) is 0.286. The Morgan fingerprint density at radius 3 is 3.10 bits per heavy atom. The van der Waals surface area contributed by atoms with Crippen LogP contribution in [0.4, 0.5) is 5.69 Å². The average Bonchev–Trinajstić information content (AvgIpc) is 3.15. The minimum Gasteiger partial charge on any atom is -0.325 e. The molecule has 1 aliphatic rings. The fourth-order valence-corrected chi connectivity index (χ4v) is 2.95. The molecule has 0 radical (unpaired) electrons. The van der Waals surface area contributed by atoms with E-state index < -0.39 is 0 Å². The lowest BCUT2D eigenvalue weighted by atomic mass is 10.3. The molecule has 0 spiro atoms.